The number of benzene rings is 2. The second-order valence-corrected chi connectivity index (χ2v) is 5.61. The molecule has 1 aliphatic carbocycles. The van der Waals surface area contributed by atoms with E-state index < -0.39 is 0 Å². The van der Waals surface area contributed by atoms with E-state index in [4.69, 9.17) is 5.73 Å². The number of rotatable bonds is 3. The van der Waals surface area contributed by atoms with Gasteiger partial charge in [-0.15, -0.1) is 0 Å². The zero-order chi connectivity index (χ0) is 12.8. The Morgan fingerprint density at radius 2 is 1.83 bits per heavy atom. The Morgan fingerprint density at radius 3 is 2.50 bits per heavy atom. The molecule has 0 saturated heterocycles. The van der Waals surface area contributed by atoms with Gasteiger partial charge in [-0.1, -0.05) is 35.9 Å². The molecule has 0 radical (unpaired) electrons. The van der Waals surface area contributed by atoms with Gasteiger partial charge >= 0.3 is 0 Å². The van der Waals surface area contributed by atoms with Crippen molar-refractivity contribution in [1.29, 1.82) is 0 Å². The minimum atomic E-state index is -0.0572. The lowest BCUT2D eigenvalue weighted by molar-refractivity contribution is 0.188. The van der Waals surface area contributed by atoms with Crippen LogP contribution in [0.3, 0.4) is 0 Å². The second-order valence-electron chi connectivity index (χ2n) is 5.61. The van der Waals surface area contributed by atoms with Gasteiger partial charge in [0.25, 0.3) is 0 Å². The van der Waals surface area contributed by atoms with E-state index in [-0.39, 0.29) is 18.1 Å². The third kappa shape index (κ3) is 1.82. The Bertz CT molecular complexity index is 587. The van der Waals surface area contributed by atoms with Crippen molar-refractivity contribution in [3.63, 3.8) is 0 Å². The number of aryl methyl sites for hydroxylation is 1. The fourth-order valence-electron chi connectivity index (χ4n) is 2.66. The van der Waals surface area contributed by atoms with Gasteiger partial charge in [-0.05, 0) is 42.2 Å². The van der Waals surface area contributed by atoms with Gasteiger partial charge in [0, 0.05) is 11.5 Å². The van der Waals surface area contributed by atoms with Crippen LogP contribution < -0.4 is 5.73 Å². The fourth-order valence-corrected chi connectivity index (χ4v) is 2.66. The average molecular weight is 241 g/mol. The van der Waals surface area contributed by atoms with Crippen LogP contribution in [0.4, 0.5) is 0 Å². The normalized spacial score (nSPS) is 18.8. The minimum absolute atomic E-state index is 0.0480. The largest absolute Gasteiger partial charge is 0.396 e. The standard InChI is InChI=1S/C16H19NO/c1-11-2-3-13-9-14(5-4-12(13)8-11)15(17)16(10-18)6-7-16/h2-5,8-9,15,18H,6-7,10,17H2,1H3. The highest BCUT2D eigenvalue weighted by atomic mass is 16.3. The molecular weight excluding hydrogens is 222 g/mol. The van der Waals surface area contributed by atoms with Crippen LogP contribution in [0.1, 0.15) is 30.0 Å². The molecule has 1 atom stereocenters. The predicted molar refractivity (Wildman–Crippen MR) is 74.4 cm³/mol. The van der Waals surface area contributed by atoms with Crippen LogP contribution in [0, 0.1) is 12.3 Å². The van der Waals surface area contributed by atoms with Crippen LogP contribution in [0.15, 0.2) is 36.4 Å². The number of hydrogen-bond donors (Lipinski definition) is 2. The Kier molecular flexibility index (Phi) is 2.65. The summed E-state index contributed by atoms with van der Waals surface area (Å²) in [7, 11) is 0. The third-order valence-electron chi connectivity index (χ3n) is 4.25. The maximum absolute atomic E-state index is 9.46. The van der Waals surface area contributed by atoms with Crippen molar-refractivity contribution < 1.29 is 5.11 Å². The minimum Gasteiger partial charge on any atom is -0.396 e. The molecule has 3 N–H and O–H groups in total. The molecule has 0 aromatic heterocycles. The summed E-state index contributed by atoms with van der Waals surface area (Å²) in [6, 6.07) is 12.8. The van der Waals surface area contributed by atoms with E-state index >= 15 is 0 Å². The van der Waals surface area contributed by atoms with Gasteiger partial charge in [0.15, 0.2) is 0 Å². The molecule has 2 aromatic carbocycles. The van der Waals surface area contributed by atoms with Crippen molar-refractivity contribution in [1.82, 2.24) is 0 Å². The SMILES string of the molecule is Cc1ccc2cc(C(N)C3(CO)CC3)ccc2c1. The second kappa shape index (κ2) is 4.08. The summed E-state index contributed by atoms with van der Waals surface area (Å²) in [5, 5.41) is 11.9. The monoisotopic (exact) mass is 241 g/mol. The smallest absolute Gasteiger partial charge is 0.0505 e. The molecule has 3 rings (SSSR count). The van der Waals surface area contributed by atoms with Crippen molar-refractivity contribution >= 4 is 10.8 Å². The van der Waals surface area contributed by atoms with E-state index in [1.54, 1.807) is 0 Å². The first-order valence-corrected chi connectivity index (χ1v) is 6.51. The van der Waals surface area contributed by atoms with E-state index in [1.165, 1.54) is 16.3 Å². The molecule has 1 aliphatic rings. The van der Waals surface area contributed by atoms with Crippen LogP contribution >= 0.6 is 0 Å². The summed E-state index contributed by atoms with van der Waals surface area (Å²) in [5.74, 6) is 0. The van der Waals surface area contributed by atoms with Crippen molar-refractivity contribution in [2.45, 2.75) is 25.8 Å². The molecule has 1 saturated carbocycles. The lowest BCUT2D eigenvalue weighted by Crippen LogP contribution is -2.25. The van der Waals surface area contributed by atoms with Crippen LogP contribution in [-0.2, 0) is 0 Å². The third-order valence-corrected chi connectivity index (χ3v) is 4.25. The Balaban J connectivity index is 2.01. The molecule has 0 amide bonds. The average Bonchev–Trinajstić information content (AvgIpc) is 3.18. The van der Waals surface area contributed by atoms with Gasteiger partial charge in [-0.2, -0.15) is 0 Å². The molecule has 2 aromatic rings. The summed E-state index contributed by atoms with van der Waals surface area (Å²) in [6.07, 6.45) is 2.08. The first-order chi connectivity index (χ1) is 8.64. The van der Waals surface area contributed by atoms with Gasteiger partial charge in [0.2, 0.25) is 0 Å². The van der Waals surface area contributed by atoms with E-state index in [2.05, 4.69) is 43.3 Å². The van der Waals surface area contributed by atoms with Crippen LogP contribution in [0.5, 0.6) is 0 Å². The fraction of sp³-hybridized carbons (Fsp3) is 0.375. The molecule has 18 heavy (non-hydrogen) atoms. The van der Waals surface area contributed by atoms with Crippen molar-refractivity contribution in [3.8, 4) is 0 Å². The molecule has 2 heteroatoms. The number of nitrogens with two attached hydrogens (primary N) is 1. The quantitative estimate of drug-likeness (QED) is 0.868. The van der Waals surface area contributed by atoms with E-state index in [9.17, 15) is 5.11 Å². The van der Waals surface area contributed by atoms with Gasteiger partial charge in [-0.25, -0.2) is 0 Å². The zero-order valence-corrected chi connectivity index (χ0v) is 10.7. The lowest BCUT2D eigenvalue weighted by Gasteiger charge is -2.21. The van der Waals surface area contributed by atoms with E-state index in [0.29, 0.717) is 0 Å². The Morgan fingerprint density at radius 1 is 1.17 bits per heavy atom. The molecule has 0 heterocycles. The molecule has 0 aliphatic heterocycles. The number of aliphatic hydroxyl groups is 1. The van der Waals surface area contributed by atoms with Gasteiger partial charge in [-0.3, -0.25) is 0 Å². The highest BCUT2D eigenvalue weighted by Crippen LogP contribution is 2.53. The van der Waals surface area contributed by atoms with Crippen molar-refractivity contribution in [3.05, 3.63) is 47.5 Å². The van der Waals surface area contributed by atoms with E-state index in [0.717, 1.165) is 18.4 Å². The highest BCUT2D eigenvalue weighted by Gasteiger charge is 2.47. The lowest BCUT2D eigenvalue weighted by atomic mass is 9.90. The Hall–Kier alpha value is -1.38. The molecule has 2 nitrogen and oxygen atoms in total. The summed E-state index contributed by atoms with van der Waals surface area (Å²) < 4.78 is 0. The summed E-state index contributed by atoms with van der Waals surface area (Å²) in [4.78, 5) is 0. The maximum Gasteiger partial charge on any atom is 0.0505 e. The Labute approximate surface area is 107 Å². The highest BCUT2D eigenvalue weighted by molar-refractivity contribution is 5.83. The first kappa shape index (κ1) is 11.7. The topological polar surface area (TPSA) is 46.2 Å². The number of fused-ring (bicyclic) bond motifs is 1. The zero-order valence-electron chi connectivity index (χ0n) is 10.7. The maximum atomic E-state index is 9.46. The summed E-state index contributed by atoms with van der Waals surface area (Å²) >= 11 is 0. The molecule has 1 fully saturated rings. The first-order valence-electron chi connectivity index (χ1n) is 6.51. The molecule has 0 spiro atoms. The van der Waals surface area contributed by atoms with Crippen LogP contribution in [0.25, 0.3) is 10.8 Å². The van der Waals surface area contributed by atoms with Crippen LogP contribution in [0.2, 0.25) is 0 Å². The molecule has 94 valence electrons. The number of hydrogen-bond acceptors (Lipinski definition) is 2. The summed E-state index contributed by atoms with van der Waals surface area (Å²) in [6.45, 7) is 2.30. The molecule has 0 bridgehead atoms. The van der Waals surface area contributed by atoms with Crippen LogP contribution in [-0.4, -0.2) is 11.7 Å². The molecule has 1 unspecified atom stereocenters. The predicted octanol–water partition coefficient (Wildman–Crippen LogP) is 2.92. The molecular formula is C16H19NO. The van der Waals surface area contributed by atoms with Crippen molar-refractivity contribution in [2.75, 3.05) is 6.61 Å². The van der Waals surface area contributed by atoms with Gasteiger partial charge in [0.05, 0.1) is 6.61 Å². The van der Waals surface area contributed by atoms with Gasteiger partial charge in [0.1, 0.15) is 0 Å². The number of aliphatic hydroxyl groups excluding tert-OH is 1. The summed E-state index contributed by atoms with van der Waals surface area (Å²) in [5.41, 5.74) is 8.66. The van der Waals surface area contributed by atoms with E-state index in [1.807, 2.05) is 0 Å². The van der Waals surface area contributed by atoms with Gasteiger partial charge < -0.3 is 10.8 Å². The van der Waals surface area contributed by atoms with Crippen molar-refractivity contribution in [2.24, 2.45) is 11.1 Å².